The highest BCUT2D eigenvalue weighted by molar-refractivity contribution is 5.78. The van der Waals surface area contributed by atoms with Gasteiger partial charge in [0.1, 0.15) is 6.54 Å². The number of H-pyrrole nitrogens is 1. The second kappa shape index (κ2) is 5.51. The number of nitrogens with zero attached hydrogens (tertiary/aromatic N) is 2. The summed E-state index contributed by atoms with van der Waals surface area (Å²) in [6, 6.07) is 9.49. The van der Waals surface area contributed by atoms with Crippen LogP contribution in [0.1, 0.15) is 11.3 Å². The van der Waals surface area contributed by atoms with E-state index in [0.717, 1.165) is 5.56 Å². The van der Waals surface area contributed by atoms with Gasteiger partial charge in [0.25, 0.3) is 0 Å². The van der Waals surface area contributed by atoms with E-state index in [-0.39, 0.29) is 12.5 Å². The standard InChI is InChI=1S/C13H15N3O3/c1-15(9-11-13(18)19-14-16(11)2)12(17)8-10-6-4-3-5-7-10/h3-7H,8-9H2,1-2H3/p+1. The van der Waals surface area contributed by atoms with Gasteiger partial charge < -0.3 is 4.90 Å². The Morgan fingerprint density at radius 2 is 2.05 bits per heavy atom. The molecule has 1 aromatic heterocycles. The van der Waals surface area contributed by atoms with Crippen LogP contribution in [-0.4, -0.2) is 23.1 Å². The summed E-state index contributed by atoms with van der Waals surface area (Å²) in [5, 5.41) is 2.42. The van der Waals surface area contributed by atoms with Crippen LogP contribution in [0.25, 0.3) is 0 Å². The fourth-order valence-electron chi connectivity index (χ4n) is 1.75. The van der Waals surface area contributed by atoms with Gasteiger partial charge in [-0.25, -0.2) is 4.79 Å². The second-order valence-electron chi connectivity index (χ2n) is 4.40. The van der Waals surface area contributed by atoms with E-state index in [2.05, 4.69) is 9.79 Å². The Labute approximate surface area is 110 Å². The van der Waals surface area contributed by atoms with E-state index >= 15 is 0 Å². The average molecular weight is 262 g/mol. The molecule has 2 aromatic rings. The van der Waals surface area contributed by atoms with Crippen molar-refractivity contribution in [1.29, 1.82) is 0 Å². The molecule has 1 N–H and O–H groups in total. The Balaban J connectivity index is 2.02. The number of benzene rings is 1. The number of rotatable bonds is 4. The lowest BCUT2D eigenvalue weighted by Gasteiger charge is -2.13. The topological polar surface area (TPSA) is 70.2 Å². The first-order chi connectivity index (χ1) is 9.08. The molecule has 19 heavy (non-hydrogen) atoms. The van der Waals surface area contributed by atoms with Crippen LogP contribution in [0.3, 0.4) is 0 Å². The number of aromatic amines is 1. The van der Waals surface area contributed by atoms with Gasteiger partial charge in [-0.3, -0.25) is 9.32 Å². The summed E-state index contributed by atoms with van der Waals surface area (Å²) >= 11 is 0. The highest BCUT2D eigenvalue weighted by Gasteiger charge is 2.21. The molecule has 0 atom stereocenters. The molecule has 0 saturated carbocycles. The van der Waals surface area contributed by atoms with Crippen LogP contribution in [0.2, 0.25) is 0 Å². The van der Waals surface area contributed by atoms with Crippen LogP contribution in [0.5, 0.6) is 0 Å². The van der Waals surface area contributed by atoms with E-state index in [1.54, 1.807) is 14.1 Å². The summed E-state index contributed by atoms with van der Waals surface area (Å²) in [4.78, 5) is 24.9. The van der Waals surface area contributed by atoms with Crippen LogP contribution in [-0.2, 0) is 24.8 Å². The van der Waals surface area contributed by atoms with Crippen molar-refractivity contribution in [3.63, 3.8) is 0 Å². The minimum Gasteiger partial charge on any atom is -0.335 e. The monoisotopic (exact) mass is 262 g/mol. The minimum atomic E-state index is -0.457. The van der Waals surface area contributed by atoms with Gasteiger partial charge in [-0.1, -0.05) is 35.0 Å². The second-order valence-corrected chi connectivity index (χ2v) is 4.40. The Bertz CT molecular complexity index is 616. The van der Waals surface area contributed by atoms with Gasteiger partial charge in [0, 0.05) is 7.05 Å². The fourth-order valence-corrected chi connectivity index (χ4v) is 1.75. The molecule has 0 fully saturated rings. The smallest absolute Gasteiger partial charge is 0.335 e. The maximum Gasteiger partial charge on any atom is 0.431 e. The van der Waals surface area contributed by atoms with Gasteiger partial charge in [-0.2, -0.15) is 0 Å². The largest absolute Gasteiger partial charge is 0.431 e. The molecule has 0 aliphatic heterocycles. The van der Waals surface area contributed by atoms with Gasteiger partial charge in [0.15, 0.2) is 7.05 Å². The van der Waals surface area contributed by atoms with Crippen LogP contribution < -0.4 is 10.3 Å². The number of nitrogens with one attached hydrogen (secondary N) is 1. The van der Waals surface area contributed by atoms with E-state index in [9.17, 15) is 9.59 Å². The third-order valence-corrected chi connectivity index (χ3v) is 2.93. The van der Waals surface area contributed by atoms with Crippen molar-refractivity contribution in [2.45, 2.75) is 13.0 Å². The normalized spacial score (nSPS) is 10.4. The first-order valence-corrected chi connectivity index (χ1v) is 5.92. The van der Waals surface area contributed by atoms with E-state index in [4.69, 9.17) is 0 Å². The molecule has 0 unspecified atom stereocenters. The van der Waals surface area contributed by atoms with Crippen LogP contribution >= 0.6 is 0 Å². The molecule has 0 saturated heterocycles. The van der Waals surface area contributed by atoms with Crippen molar-refractivity contribution in [2.24, 2.45) is 7.05 Å². The number of carbonyl (C=O) groups is 1. The van der Waals surface area contributed by atoms with Crippen molar-refractivity contribution in [3.8, 4) is 0 Å². The molecule has 1 amide bonds. The van der Waals surface area contributed by atoms with Crippen molar-refractivity contribution in [1.82, 2.24) is 10.2 Å². The van der Waals surface area contributed by atoms with Crippen molar-refractivity contribution in [2.75, 3.05) is 7.05 Å². The summed E-state index contributed by atoms with van der Waals surface area (Å²) in [5.74, 6) is -0.0493. The lowest BCUT2D eigenvalue weighted by atomic mass is 10.1. The lowest BCUT2D eigenvalue weighted by Crippen LogP contribution is -2.41. The van der Waals surface area contributed by atoms with Crippen molar-refractivity contribution < 1.29 is 14.0 Å². The molecule has 100 valence electrons. The summed E-state index contributed by atoms with van der Waals surface area (Å²) in [5.41, 5.74) is 0.899. The first-order valence-electron chi connectivity index (χ1n) is 5.92. The number of aryl methyl sites for hydroxylation is 1. The Kier molecular flexibility index (Phi) is 3.79. The molecule has 1 heterocycles. The molecule has 2 rings (SSSR count). The van der Waals surface area contributed by atoms with Crippen LogP contribution in [0, 0.1) is 0 Å². The number of hydrogen-bond donors (Lipinski definition) is 1. The predicted molar refractivity (Wildman–Crippen MR) is 67.1 cm³/mol. The number of aromatic nitrogens is 2. The highest BCUT2D eigenvalue weighted by atomic mass is 16.5. The van der Waals surface area contributed by atoms with E-state index in [1.165, 1.54) is 9.58 Å². The summed E-state index contributed by atoms with van der Waals surface area (Å²) in [7, 11) is 3.33. The fraction of sp³-hybridized carbons (Fsp3) is 0.308. The Hall–Kier alpha value is -2.37. The molecule has 6 nitrogen and oxygen atoms in total. The molecule has 0 aliphatic rings. The molecule has 0 radical (unpaired) electrons. The zero-order valence-corrected chi connectivity index (χ0v) is 10.9. The van der Waals surface area contributed by atoms with E-state index in [0.29, 0.717) is 12.1 Å². The molecular formula is C13H16N3O3+. The van der Waals surface area contributed by atoms with Crippen LogP contribution in [0.15, 0.2) is 39.6 Å². The highest BCUT2D eigenvalue weighted by Crippen LogP contribution is 2.03. The molecule has 6 heteroatoms. The Morgan fingerprint density at radius 3 is 2.63 bits per heavy atom. The predicted octanol–water partition coefficient (Wildman–Crippen LogP) is -0.00650. The molecule has 0 bridgehead atoms. The summed E-state index contributed by atoms with van der Waals surface area (Å²) in [6.45, 7) is 0.216. The van der Waals surface area contributed by atoms with Gasteiger partial charge in [0.05, 0.1) is 6.42 Å². The number of hydrogen-bond acceptors (Lipinski definition) is 3. The Morgan fingerprint density at radius 1 is 1.37 bits per heavy atom. The first kappa shape index (κ1) is 13.1. The molecule has 0 aliphatic carbocycles. The lowest BCUT2D eigenvalue weighted by molar-refractivity contribution is -0.746. The van der Waals surface area contributed by atoms with Crippen molar-refractivity contribution in [3.05, 3.63) is 52.0 Å². The summed E-state index contributed by atoms with van der Waals surface area (Å²) < 4.78 is 6.11. The quantitative estimate of drug-likeness (QED) is 0.788. The third-order valence-electron chi connectivity index (χ3n) is 2.93. The minimum absolute atomic E-state index is 0.0493. The van der Waals surface area contributed by atoms with Crippen molar-refractivity contribution >= 4 is 5.91 Å². The number of amides is 1. The van der Waals surface area contributed by atoms with Gasteiger partial charge in [0.2, 0.25) is 5.91 Å². The number of likely N-dealkylation sites (N-methyl/N-ethyl adjacent to an activating group) is 1. The zero-order chi connectivity index (χ0) is 13.8. The van der Waals surface area contributed by atoms with Crippen LogP contribution in [0.4, 0.5) is 0 Å². The maximum absolute atomic E-state index is 12.0. The molecular weight excluding hydrogens is 246 g/mol. The third kappa shape index (κ3) is 3.09. The average Bonchev–Trinajstić information content (AvgIpc) is 2.71. The maximum atomic E-state index is 12.0. The van der Waals surface area contributed by atoms with E-state index < -0.39 is 5.63 Å². The van der Waals surface area contributed by atoms with E-state index in [1.807, 2.05) is 30.3 Å². The van der Waals surface area contributed by atoms with Gasteiger partial charge >= 0.3 is 11.3 Å². The zero-order valence-electron chi connectivity index (χ0n) is 10.9. The number of carbonyl (C=O) groups excluding carboxylic acids is 1. The molecule has 0 spiro atoms. The summed E-state index contributed by atoms with van der Waals surface area (Å²) in [6.07, 6.45) is 0.316. The molecule has 1 aromatic carbocycles. The van der Waals surface area contributed by atoms with Gasteiger partial charge in [-0.15, -0.1) is 0 Å². The van der Waals surface area contributed by atoms with Gasteiger partial charge in [-0.05, 0) is 10.8 Å². The SMILES string of the molecule is CN(Cc1c(=O)o[nH][n+]1C)C(=O)Cc1ccccc1.